The summed E-state index contributed by atoms with van der Waals surface area (Å²) in [6.07, 6.45) is 0. The molecule has 1 amide bonds. The van der Waals surface area contributed by atoms with Crippen LogP contribution in [0.4, 0.5) is 0 Å². The lowest BCUT2D eigenvalue weighted by Gasteiger charge is -2.16. The Kier molecular flexibility index (Phi) is 4.64. The quantitative estimate of drug-likeness (QED) is 0.452. The van der Waals surface area contributed by atoms with E-state index in [2.05, 4.69) is 10.0 Å². The molecule has 0 saturated heterocycles. The Labute approximate surface area is 98.2 Å². The number of halogens is 1. The Morgan fingerprint density at radius 1 is 1.62 bits per heavy atom. The van der Waals surface area contributed by atoms with E-state index < -0.39 is 0 Å². The number of benzene rings is 1. The van der Waals surface area contributed by atoms with E-state index in [1.807, 2.05) is 12.1 Å². The molecular weight excluding hydrogens is 228 g/mol. The largest absolute Gasteiger partial charge is 0.341 e. The van der Waals surface area contributed by atoms with Gasteiger partial charge in [-0.05, 0) is 23.2 Å². The van der Waals surface area contributed by atoms with Gasteiger partial charge < -0.3 is 4.90 Å². The van der Waals surface area contributed by atoms with Gasteiger partial charge in [-0.15, -0.1) is 0 Å². The van der Waals surface area contributed by atoms with Gasteiger partial charge in [0.1, 0.15) is 6.54 Å². The van der Waals surface area contributed by atoms with Gasteiger partial charge >= 0.3 is 0 Å². The van der Waals surface area contributed by atoms with E-state index in [1.54, 1.807) is 19.2 Å². The van der Waals surface area contributed by atoms with Crippen molar-refractivity contribution in [3.05, 3.63) is 45.3 Å². The molecule has 84 valence electrons. The third-order valence-corrected chi connectivity index (χ3v) is 2.24. The van der Waals surface area contributed by atoms with Gasteiger partial charge in [0.2, 0.25) is 5.91 Å². The summed E-state index contributed by atoms with van der Waals surface area (Å²) in [7, 11) is 1.65. The lowest BCUT2D eigenvalue weighted by atomic mass is 10.2. The first-order valence-corrected chi connectivity index (χ1v) is 5.00. The van der Waals surface area contributed by atoms with Crippen molar-refractivity contribution in [2.75, 3.05) is 13.6 Å². The molecule has 1 aromatic carbocycles. The summed E-state index contributed by atoms with van der Waals surface area (Å²) < 4.78 is 0. The van der Waals surface area contributed by atoms with E-state index in [-0.39, 0.29) is 12.5 Å². The summed E-state index contributed by atoms with van der Waals surface area (Å²) in [5.41, 5.74) is 9.03. The number of hydrogen-bond acceptors (Lipinski definition) is 2. The second-order valence-corrected chi connectivity index (χ2v) is 3.71. The SMILES string of the molecule is CN(Cc1cccc(Cl)c1)C(=O)CN=[N+]=[N-]. The van der Waals surface area contributed by atoms with Gasteiger partial charge in [0.05, 0.1) is 0 Å². The zero-order chi connectivity index (χ0) is 12.0. The number of rotatable bonds is 4. The van der Waals surface area contributed by atoms with Crippen LogP contribution in [0, 0.1) is 0 Å². The highest BCUT2D eigenvalue weighted by Crippen LogP contribution is 2.12. The number of amides is 1. The number of azide groups is 1. The molecule has 1 rings (SSSR count). The normalized spacial score (nSPS) is 9.38. The van der Waals surface area contributed by atoms with Crippen molar-refractivity contribution in [3.8, 4) is 0 Å². The van der Waals surface area contributed by atoms with Crippen molar-refractivity contribution in [1.29, 1.82) is 0 Å². The molecule has 0 aliphatic rings. The molecule has 0 aliphatic carbocycles. The molecule has 0 radical (unpaired) electrons. The maximum atomic E-state index is 11.4. The van der Waals surface area contributed by atoms with Gasteiger partial charge in [0, 0.05) is 23.5 Å². The Morgan fingerprint density at radius 2 is 2.38 bits per heavy atom. The molecule has 0 saturated carbocycles. The fraction of sp³-hybridized carbons (Fsp3) is 0.300. The van der Waals surface area contributed by atoms with Crippen LogP contribution in [0.5, 0.6) is 0 Å². The highest BCUT2D eigenvalue weighted by atomic mass is 35.5. The van der Waals surface area contributed by atoms with Crippen LogP contribution in [0.1, 0.15) is 5.56 Å². The number of hydrogen-bond donors (Lipinski definition) is 0. The minimum atomic E-state index is -0.224. The van der Waals surface area contributed by atoms with Crippen LogP contribution in [0.25, 0.3) is 10.4 Å². The van der Waals surface area contributed by atoms with Gasteiger partial charge in [-0.3, -0.25) is 4.79 Å². The highest BCUT2D eigenvalue weighted by Gasteiger charge is 2.07. The van der Waals surface area contributed by atoms with Crippen LogP contribution in [0.3, 0.4) is 0 Å². The zero-order valence-corrected chi connectivity index (χ0v) is 9.55. The van der Waals surface area contributed by atoms with E-state index >= 15 is 0 Å². The van der Waals surface area contributed by atoms with Gasteiger partial charge in [0.15, 0.2) is 0 Å². The summed E-state index contributed by atoms with van der Waals surface area (Å²) >= 11 is 5.82. The topological polar surface area (TPSA) is 69.1 Å². The molecule has 0 spiro atoms. The number of nitrogens with zero attached hydrogens (tertiary/aromatic N) is 4. The molecule has 0 aliphatic heterocycles. The van der Waals surface area contributed by atoms with E-state index in [9.17, 15) is 4.79 Å². The van der Waals surface area contributed by atoms with Crippen molar-refractivity contribution >= 4 is 17.5 Å². The van der Waals surface area contributed by atoms with E-state index in [0.29, 0.717) is 11.6 Å². The number of carbonyl (C=O) groups excluding carboxylic acids is 1. The predicted octanol–water partition coefficient (Wildman–Crippen LogP) is 2.61. The second-order valence-electron chi connectivity index (χ2n) is 3.27. The average molecular weight is 239 g/mol. The minimum Gasteiger partial charge on any atom is -0.341 e. The molecule has 0 aromatic heterocycles. The Hall–Kier alpha value is -1.71. The van der Waals surface area contributed by atoms with E-state index in [0.717, 1.165) is 5.56 Å². The Morgan fingerprint density at radius 3 is 3.00 bits per heavy atom. The molecule has 0 atom stereocenters. The van der Waals surface area contributed by atoms with Gasteiger partial charge in [-0.25, -0.2) is 0 Å². The average Bonchev–Trinajstić information content (AvgIpc) is 2.25. The molecule has 6 heteroatoms. The lowest BCUT2D eigenvalue weighted by Crippen LogP contribution is -2.27. The Balaban J connectivity index is 2.60. The van der Waals surface area contributed by atoms with Crippen LogP contribution in [0.15, 0.2) is 29.4 Å². The lowest BCUT2D eigenvalue weighted by molar-refractivity contribution is -0.128. The first-order valence-electron chi connectivity index (χ1n) is 4.62. The van der Waals surface area contributed by atoms with Crippen LogP contribution in [-0.2, 0) is 11.3 Å². The zero-order valence-electron chi connectivity index (χ0n) is 8.80. The minimum absolute atomic E-state index is 0.159. The van der Waals surface area contributed by atoms with Crippen LogP contribution in [0.2, 0.25) is 5.02 Å². The molecular formula is C10H11ClN4O. The van der Waals surface area contributed by atoms with Crippen molar-refractivity contribution in [2.24, 2.45) is 5.11 Å². The Bertz CT molecular complexity index is 429. The van der Waals surface area contributed by atoms with Crippen LogP contribution >= 0.6 is 11.6 Å². The fourth-order valence-electron chi connectivity index (χ4n) is 1.21. The van der Waals surface area contributed by atoms with Crippen molar-refractivity contribution in [2.45, 2.75) is 6.54 Å². The molecule has 0 heterocycles. The van der Waals surface area contributed by atoms with Crippen molar-refractivity contribution in [1.82, 2.24) is 4.90 Å². The summed E-state index contributed by atoms with van der Waals surface area (Å²) in [5, 5.41) is 3.85. The molecule has 16 heavy (non-hydrogen) atoms. The second kappa shape index (κ2) is 6.00. The summed E-state index contributed by atoms with van der Waals surface area (Å²) in [4.78, 5) is 15.4. The molecule has 0 unspecified atom stereocenters. The first-order chi connectivity index (χ1) is 7.63. The fourth-order valence-corrected chi connectivity index (χ4v) is 1.42. The van der Waals surface area contributed by atoms with Gasteiger partial charge in [0.25, 0.3) is 0 Å². The maximum absolute atomic E-state index is 11.4. The van der Waals surface area contributed by atoms with E-state index in [1.165, 1.54) is 4.90 Å². The van der Waals surface area contributed by atoms with Crippen molar-refractivity contribution in [3.63, 3.8) is 0 Å². The smallest absolute Gasteiger partial charge is 0.228 e. The third-order valence-electron chi connectivity index (χ3n) is 2.00. The molecule has 1 aromatic rings. The molecule has 0 N–H and O–H groups in total. The summed E-state index contributed by atoms with van der Waals surface area (Å²) in [5.74, 6) is -0.224. The maximum Gasteiger partial charge on any atom is 0.228 e. The van der Waals surface area contributed by atoms with E-state index in [4.69, 9.17) is 17.1 Å². The first kappa shape index (κ1) is 12.4. The standard InChI is InChI=1S/C10H11ClN4O/c1-15(10(16)6-13-14-12)7-8-3-2-4-9(11)5-8/h2-5H,6-7H2,1H3. The van der Waals surface area contributed by atoms with Crippen LogP contribution < -0.4 is 0 Å². The van der Waals surface area contributed by atoms with Gasteiger partial charge in [-0.1, -0.05) is 28.8 Å². The molecule has 0 fully saturated rings. The molecule has 0 bridgehead atoms. The van der Waals surface area contributed by atoms with Crippen LogP contribution in [-0.4, -0.2) is 24.4 Å². The molecule has 5 nitrogen and oxygen atoms in total. The van der Waals surface area contributed by atoms with Gasteiger partial charge in [-0.2, -0.15) is 0 Å². The number of carbonyl (C=O) groups is 1. The summed E-state index contributed by atoms with van der Waals surface area (Å²) in [6, 6.07) is 7.26. The monoisotopic (exact) mass is 238 g/mol. The third kappa shape index (κ3) is 3.81. The predicted molar refractivity (Wildman–Crippen MR) is 61.9 cm³/mol. The highest BCUT2D eigenvalue weighted by molar-refractivity contribution is 6.30. The number of likely N-dealkylation sites (N-methyl/N-ethyl adjacent to an activating group) is 1. The van der Waals surface area contributed by atoms with Crippen molar-refractivity contribution < 1.29 is 4.79 Å². The summed E-state index contributed by atoms with van der Waals surface area (Å²) in [6.45, 7) is 0.286.